The lowest BCUT2D eigenvalue weighted by molar-refractivity contribution is 0.385. The average molecular weight is 250 g/mol. The number of hydrogen-bond donors (Lipinski definition) is 1. The molecule has 2 aromatic rings. The van der Waals surface area contributed by atoms with Crippen molar-refractivity contribution >= 4 is 0 Å². The summed E-state index contributed by atoms with van der Waals surface area (Å²) in [7, 11) is 0. The van der Waals surface area contributed by atoms with E-state index in [4.69, 9.17) is 4.52 Å². The molecule has 0 aliphatic heterocycles. The Morgan fingerprint density at radius 3 is 2.89 bits per heavy atom. The maximum atomic E-state index is 4.89. The Morgan fingerprint density at radius 2 is 2.22 bits per heavy atom. The molecule has 2 aromatic heterocycles. The molecule has 0 aliphatic rings. The zero-order chi connectivity index (χ0) is 13.0. The zero-order valence-corrected chi connectivity index (χ0v) is 10.9. The highest BCUT2D eigenvalue weighted by molar-refractivity contribution is 4.87. The van der Waals surface area contributed by atoms with Gasteiger partial charge in [-0.3, -0.25) is 0 Å². The van der Waals surface area contributed by atoms with Crippen LogP contribution in [0.15, 0.2) is 10.9 Å². The number of nitrogens with zero attached hydrogens (tertiary/aromatic N) is 5. The lowest BCUT2D eigenvalue weighted by atomic mass is 10.2. The number of nitrogens with one attached hydrogen (secondary N) is 1. The fraction of sp³-hybridized carbons (Fsp3) is 0.636. The van der Waals surface area contributed by atoms with E-state index in [1.54, 1.807) is 13.3 Å². The molecule has 0 amide bonds. The van der Waals surface area contributed by atoms with Crippen LogP contribution in [0.25, 0.3) is 0 Å². The van der Waals surface area contributed by atoms with Crippen molar-refractivity contribution in [1.82, 2.24) is 30.2 Å². The molecule has 0 atom stereocenters. The van der Waals surface area contributed by atoms with Crippen molar-refractivity contribution < 1.29 is 4.52 Å². The van der Waals surface area contributed by atoms with Gasteiger partial charge in [-0.05, 0) is 5.92 Å². The van der Waals surface area contributed by atoms with Crippen LogP contribution in [0.3, 0.4) is 0 Å². The van der Waals surface area contributed by atoms with E-state index in [0.29, 0.717) is 30.7 Å². The van der Waals surface area contributed by atoms with E-state index in [1.807, 2.05) is 4.68 Å². The molecule has 18 heavy (non-hydrogen) atoms. The van der Waals surface area contributed by atoms with Crippen LogP contribution >= 0.6 is 0 Å². The first-order valence-electron chi connectivity index (χ1n) is 6.01. The molecule has 0 unspecified atom stereocenters. The monoisotopic (exact) mass is 250 g/mol. The predicted molar refractivity (Wildman–Crippen MR) is 64.4 cm³/mol. The van der Waals surface area contributed by atoms with Crippen molar-refractivity contribution in [3.8, 4) is 0 Å². The van der Waals surface area contributed by atoms with Crippen molar-refractivity contribution in [1.29, 1.82) is 0 Å². The minimum Gasteiger partial charge on any atom is -0.340 e. The highest BCUT2D eigenvalue weighted by Gasteiger charge is 2.07. The SMILES string of the molecule is Cc1nc(CNCc2ncnn2CC(C)C)no1. The number of rotatable bonds is 6. The highest BCUT2D eigenvalue weighted by Crippen LogP contribution is 2.01. The summed E-state index contributed by atoms with van der Waals surface area (Å²) in [6, 6.07) is 0. The largest absolute Gasteiger partial charge is 0.340 e. The molecule has 0 saturated carbocycles. The van der Waals surface area contributed by atoms with Gasteiger partial charge in [-0.2, -0.15) is 10.1 Å². The van der Waals surface area contributed by atoms with Crippen LogP contribution in [0, 0.1) is 12.8 Å². The first kappa shape index (κ1) is 12.7. The second-order valence-corrected chi connectivity index (χ2v) is 4.59. The summed E-state index contributed by atoms with van der Waals surface area (Å²) in [5.74, 6) is 2.70. The van der Waals surface area contributed by atoms with Gasteiger partial charge < -0.3 is 9.84 Å². The van der Waals surface area contributed by atoms with Crippen molar-refractivity contribution in [2.75, 3.05) is 0 Å². The van der Waals surface area contributed by atoms with Crippen LogP contribution < -0.4 is 5.32 Å². The van der Waals surface area contributed by atoms with E-state index >= 15 is 0 Å². The summed E-state index contributed by atoms with van der Waals surface area (Å²) in [4.78, 5) is 8.35. The number of aryl methyl sites for hydroxylation is 1. The summed E-state index contributed by atoms with van der Waals surface area (Å²) in [6.07, 6.45) is 1.58. The van der Waals surface area contributed by atoms with Gasteiger partial charge in [-0.1, -0.05) is 19.0 Å². The van der Waals surface area contributed by atoms with E-state index < -0.39 is 0 Å². The van der Waals surface area contributed by atoms with Gasteiger partial charge in [0, 0.05) is 13.5 Å². The highest BCUT2D eigenvalue weighted by atomic mass is 16.5. The normalized spacial score (nSPS) is 11.3. The third-order valence-corrected chi connectivity index (χ3v) is 2.37. The smallest absolute Gasteiger partial charge is 0.223 e. The molecule has 7 nitrogen and oxygen atoms in total. The van der Waals surface area contributed by atoms with Gasteiger partial charge in [-0.25, -0.2) is 9.67 Å². The van der Waals surface area contributed by atoms with Crippen LogP contribution in [0.4, 0.5) is 0 Å². The quantitative estimate of drug-likeness (QED) is 0.820. The molecule has 0 fully saturated rings. The topological polar surface area (TPSA) is 81.7 Å². The van der Waals surface area contributed by atoms with E-state index in [0.717, 1.165) is 12.4 Å². The van der Waals surface area contributed by atoms with Gasteiger partial charge in [0.1, 0.15) is 12.2 Å². The Balaban J connectivity index is 1.84. The summed E-state index contributed by atoms with van der Waals surface area (Å²) >= 11 is 0. The molecule has 0 spiro atoms. The Kier molecular flexibility index (Phi) is 4.03. The van der Waals surface area contributed by atoms with Gasteiger partial charge in [0.25, 0.3) is 0 Å². The average Bonchev–Trinajstić information content (AvgIpc) is 2.88. The van der Waals surface area contributed by atoms with Gasteiger partial charge in [0.15, 0.2) is 5.82 Å². The molecule has 2 heterocycles. The Labute approximate surface area is 106 Å². The summed E-state index contributed by atoms with van der Waals surface area (Å²) in [5, 5.41) is 11.2. The Hall–Kier alpha value is -1.76. The molecule has 0 saturated heterocycles. The summed E-state index contributed by atoms with van der Waals surface area (Å²) < 4.78 is 6.81. The lowest BCUT2D eigenvalue weighted by Gasteiger charge is -2.08. The first-order chi connectivity index (χ1) is 8.65. The molecular weight excluding hydrogens is 232 g/mol. The van der Waals surface area contributed by atoms with Crippen molar-refractivity contribution in [3.63, 3.8) is 0 Å². The summed E-state index contributed by atoms with van der Waals surface area (Å²) in [5.41, 5.74) is 0. The molecule has 0 aliphatic carbocycles. The molecule has 0 radical (unpaired) electrons. The van der Waals surface area contributed by atoms with Crippen LogP contribution in [-0.4, -0.2) is 24.9 Å². The third kappa shape index (κ3) is 3.36. The Bertz CT molecular complexity index is 489. The van der Waals surface area contributed by atoms with Crippen molar-refractivity contribution in [2.24, 2.45) is 5.92 Å². The molecule has 7 heteroatoms. The van der Waals surface area contributed by atoms with E-state index in [9.17, 15) is 0 Å². The lowest BCUT2D eigenvalue weighted by Crippen LogP contribution is -2.19. The minimum absolute atomic E-state index is 0.547. The molecule has 1 N–H and O–H groups in total. The molecule has 0 aromatic carbocycles. The van der Waals surface area contributed by atoms with Crippen LogP contribution in [0.5, 0.6) is 0 Å². The number of aromatic nitrogens is 5. The third-order valence-electron chi connectivity index (χ3n) is 2.37. The second kappa shape index (κ2) is 5.72. The maximum Gasteiger partial charge on any atom is 0.223 e. The van der Waals surface area contributed by atoms with Gasteiger partial charge in [-0.15, -0.1) is 0 Å². The maximum absolute atomic E-state index is 4.89. The standard InChI is InChI=1S/C11H18N6O/c1-8(2)6-17-11(13-7-14-17)5-12-4-10-15-9(3)18-16-10/h7-8,12H,4-6H2,1-3H3. The minimum atomic E-state index is 0.547. The number of hydrogen-bond acceptors (Lipinski definition) is 6. The zero-order valence-electron chi connectivity index (χ0n) is 10.9. The first-order valence-corrected chi connectivity index (χ1v) is 6.01. The summed E-state index contributed by atoms with van der Waals surface area (Å²) in [6.45, 7) is 8.15. The fourth-order valence-electron chi connectivity index (χ4n) is 1.62. The predicted octanol–water partition coefficient (Wildman–Crippen LogP) is 0.915. The van der Waals surface area contributed by atoms with Crippen LogP contribution in [-0.2, 0) is 19.6 Å². The van der Waals surface area contributed by atoms with Crippen molar-refractivity contribution in [2.45, 2.75) is 40.4 Å². The van der Waals surface area contributed by atoms with Gasteiger partial charge in [0.05, 0.1) is 13.1 Å². The Morgan fingerprint density at radius 1 is 1.39 bits per heavy atom. The molecule has 98 valence electrons. The van der Waals surface area contributed by atoms with Crippen LogP contribution in [0.1, 0.15) is 31.4 Å². The molecular formula is C11H18N6O. The second-order valence-electron chi connectivity index (χ2n) is 4.59. The van der Waals surface area contributed by atoms with Crippen LogP contribution in [0.2, 0.25) is 0 Å². The van der Waals surface area contributed by atoms with E-state index in [-0.39, 0.29) is 0 Å². The van der Waals surface area contributed by atoms with Gasteiger partial charge >= 0.3 is 0 Å². The molecule has 0 bridgehead atoms. The van der Waals surface area contributed by atoms with E-state index in [2.05, 4.69) is 39.4 Å². The van der Waals surface area contributed by atoms with Gasteiger partial charge in [0.2, 0.25) is 5.89 Å². The fourth-order valence-corrected chi connectivity index (χ4v) is 1.62. The molecule has 2 rings (SSSR count). The van der Waals surface area contributed by atoms with Crippen molar-refractivity contribution in [3.05, 3.63) is 23.9 Å². The van der Waals surface area contributed by atoms with E-state index in [1.165, 1.54) is 0 Å².